The van der Waals surface area contributed by atoms with Gasteiger partial charge < -0.3 is 0 Å². The molecule has 0 saturated heterocycles. The van der Waals surface area contributed by atoms with Gasteiger partial charge in [-0.15, -0.1) is 0 Å². The third-order valence-corrected chi connectivity index (χ3v) is 9.75. The van der Waals surface area contributed by atoms with Crippen molar-refractivity contribution in [3.63, 3.8) is 0 Å². The highest BCUT2D eigenvalue weighted by atomic mass is 15.0. The molecule has 0 amide bonds. The lowest BCUT2D eigenvalue weighted by Gasteiger charge is -2.51. The van der Waals surface area contributed by atoms with Gasteiger partial charge in [0.05, 0.1) is 11.6 Å². The number of rotatable bonds is 5. The van der Waals surface area contributed by atoms with Gasteiger partial charge in [-0.25, -0.2) is 15.0 Å². The van der Waals surface area contributed by atoms with E-state index in [1.165, 1.54) is 44.1 Å². The van der Waals surface area contributed by atoms with Gasteiger partial charge in [0.2, 0.25) is 0 Å². The second-order valence-corrected chi connectivity index (χ2v) is 12.7. The third-order valence-electron chi connectivity index (χ3n) is 9.75. The fourth-order valence-electron chi connectivity index (χ4n) is 8.02. The first-order valence-electron chi connectivity index (χ1n) is 15.4. The minimum Gasteiger partial charge on any atom is -0.208 e. The molecule has 4 heteroatoms. The van der Waals surface area contributed by atoms with Crippen LogP contribution in [0.4, 0.5) is 0 Å². The van der Waals surface area contributed by atoms with Crippen LogP contribution in [0.3, 0.4) is 0 Å². The molecule has 4 aromatic carbocycles. The molecule has 2 aliphatic rings. The van der Waals surface area contributed by atoms with Crippen LogP contribution in [0.2, 0.25) is 0 Å². The maximum absolute atomic E-state index is 9.41. The lowest BCUT2D eigenvalue weighted by molar-refractivity contribution is 0.0702. The van der Waals surface area contributed by atoms with E-state index < -0.39 is 0 Å². The fraction of sp³-hybridized carbons (Fsp3) is 0.316. The molecular formula is C38H36N4. The van der Waals surface area contributed by atoms with Crippen molar-refractivity contribution in [2.75, 3.05) is 0 Å². The summed E-state index contributed by atoms with van der Waals surface area (Å²) in [6, 6.07) is 33.4. The van der Waals surface area contributed by atoms with Crippen LogP contribution in [0.5, 0.6) is 0 Å². The Kier molecular flexibility index (Phi) is 6.82. The number of nitriles is 1. The third kappa shape index (κ3) is 4.88. The van der Waals surface area contributed by atoms with Gasteiger partial charge in [-0.05, 0) is 83.7 Å². The summed E-state index contributed by atoms with van der Waals surface area (Å²) in [5.74, 6) is 4.45. The van der Waals surface area contributed by atoms with Gasteiger partial charge in [0.1, 0.15) is 0 Å². The number of nitrogens with zero attached hydrogens (tertiary/aromatic N) is 4. The first-order chi connectivity index (χ1) is 20.5. The van der Waals surface area contributed by atoms with Crippen molar-refractivity contribution in [1.29, 1.82) is 5.26 Å². The first-order valence-corrected chi connectivity index (χ1v) is 15.4. The normalized spacial score (nSPS) is 23.4. The molecular weight excluding hydrogens is 512 g/mol. The van der Waals surface area contributed by atoms with Crippen molar-refractivity contribution in [1.82, 2.24) is 15.0 Å². The molecule has 1 unspecified atom stereocenters. The van der Waals surface area contributed by atoms with Crippen LogP contribution in [0, 0.1) is 29.1 Å². The van der Waals surface area contributed by atoms with Crippen LogP contribution in [0.1, 0.15) is 63.5 Å². The predicted octanol–water partition coefficient (Wildman–Crippen LogP) is 9.39. The largest absolute Gasteiger partial charge is 0.208 e. The van der Waals surface area contributed by atoms with Gasteiger partial charge in [0, 0.05) is 16.7 Å². The van der Waals surface area contributed by atoms with Gasteiger partial charge in [-0.3, -0.25) is 0 Å². The molecule has 0 radical (unpaired) electrons. The first kappa shape index (κ1) is 26.5. The van der Waals surface area contributed by atoms with Crippen molar-refractivity contribution >= 4 is 10.8 Å². The molecule has 0 spiro atoms. The fourth-order valence-corrected chi connectivity index (χ4v) is 8.02. The molecule has 4 nitrogen and oxygen atoms in total. The molecule has 2 bridgehead atoms. The Balaban J connectivity index is 1.32. The number of hydrogen-bond acceptors (Lipinski definition) is 4. The highest BCUT2D eigenvalue weighted by Gasteiger charge is 2.45. The van der Waals surface area contributed by atoms with Gasteiger partial charge in [-0.1, -0.05) is 99.1 Å². The summed E-state index contributed by atoms with van der Waals surface area (Å²) in [5.41, 5.74) is 5.32. The molecule has 7 rings (SSSR count). The summed E-state index contributed by atoms with van der Waals surface area (Å²) in [7, 11) is 0. The van der Waals surface area contributed by atoms with Crippen molar-refractivity contribution in [3.8, 4) is 40.2 Å². The molecule has 2 fully saturated rings. The number of fused-ring (bicyclic) bond motifs is 3. The van der Waals surface area contributed by atoms with E-state index in [-0.39, 0.29) is 0 Å². The van der Waals surface area contributed by atoms with Crippen LogP contribution >= 0.6 is 0 Å². The topological polar surface area (TPSA) is 62.5 Å². The molecule has 5 aromatic rings. The molecule has 208 valence electrons. The van der Waals surface area contributed by atoms with Crippen LogP contribution in [-0.4, -0.2) is 15.0 Å². The molecule has 0 aliphatic heterocycles. The van der Waals surface area contributed by atoms with Gasteiger partial charge in [0.25, 0.3) is 0 Å². The Morgan fingerprint density at radius 2 is 1.50 bits per heavy atom. The predicted molar refractivity (Wildman–Crippen MR) is 170 cm³/mol. The van der Waals surface area contributed by atoms with Crippen LogP contribution in [0.15, 0.2) is 91.0 Å². The monoisotopic (exact) mass is 548 g/mol. The van der Waals surface area contributed by atoms with Gasteiger partial charge >= 0.3 is 0 Å². The van der Waals surface area contributed by atoms with Crippen molar-refractivity contribution in [2.24, 2.45) is 17.8 Å². The summed E-state index contributed by atoms with van der Waals surface area (Å²) in [5, 5.41) is 11.4. The molecule has 2 saturated carbocycles. The Morgan fingerprint density at radius 1 is 0.762 bits per heavy atom. The van der Waals surface area contributed by atoms with E-state index in [0.717, 1.165) is 45.2 Å². The Morgan fingerprint density at radius 3 is 2.24 bits per heavy atom. The minimum absolute atomic E-state index is 0.296. The summed E-state index contributed by atoms with van der Waals surface area (Å²) in [4.78, 5) is 15.0. The van der Waals surface area contributed by atoms with E-state index in [1.54, 1.807) is 0 Å². The molecule has 0 N–H and O–H groups in total. The highest BCUT2D eigenvalue weighted by molar-refractivity contribution is 5.96. The lowest BCUT2D eigenvalue weighted by atomic mass is 9.54. The standard InChI is InChI=1S/C38H36N4/c1-3-26-19-28-18-25(2)21-38(22-26,23-28)32-15-13-30(14-16-32)36-40-35(29-8-5-4-6-9-29)41-37(42-36)34-11-7-10-31-20-27(24-39)12-17-33(31)34/h4-17,20,25-26,28H,3,18-19,21-23H2,1-2H3/t25-,26+,28-,38?/m0/s1. The lowest BCUT2D eigenvalue weighted by Crippen LogP contribution is -2.42. The summed E-state index contributed by atoms with van der Waals surface area (Å²) < 4.78 is 0. The maximum atomic E-state index is 9.41. The van der Waals surface area contributed by atoms with Crippen molar-refractivity contribution in [3.05, 3.63) is 102 Å². The second-order valence-electron chi connectivity index (χ2n) is 12.7. The molecule has 42 heavy (non-hydrogen) atoms. The zero-order valence-corrected chi connectivity index (χ0v) is 24.4. The SMILES string of the molecule is CC[C@@H]1C[C@@H]2C[C@H](C)CC(c3ccc(-c4nc(-c5ccccc5)nc(-c5cccc6cc(C#N)ccc56)n4)cc3)(C1)C2. The maximum Gasteiger partial charge on any atom is 0.164 e. The molecule has 1 aromatic heterocycles. The van der Waals surface area contributed by atoms with Gasteiger partial charge in [-0.2, -0.15) is 5.26 Å². The van der Waals surface area contributed by atoms with E-state index in [1.807, 2.05) is 60.7 Å². The highest BCUT2D eigenvalue weighted by Crippen LogP contribution is 2.54. The van der Waals surface area contributed by atoms with Crippen molar-refractivity contribution in [2.45, 2.75) is 57.8 Å². The summed E-state index contributed by atoms with van der Waals surface area (Å²) in [6.07, 6.45) is 8.01. The summed E-state index contributed by atoms with van der Waals surface area (Å²) >= 11 is 0. The van der Waals surface area contributed by atoms with Crippen LogP contribution in [-0.2, 0) is 5.41 Å². The zero-order chi connectivity index (χ0) is 28.7. The molecule has 1 heterocycles. The zero-order valence-electron chi connectivity index (χ0n) is 24.4. The van der Waals surface area contributed by atoms with E-state index in [2.05, 4.69) is 50.2 Å². The number of aromatic nitrogens is 3. The number of hydrogen-bond donors (Lipinski definition) is 0. The van der Waals surface area contributed by atoms with E-state index in [4.69, 9.17) is 15.0 Å². The van der Waals surface area contributed by atoms with Gasteiger partial charge in [0.15, 0.2) is 17.5 Å². The second kappa shape index (κ2) is 10.8. The Bertz CT molecular complexity index is 1780. The van der Waals surface area contributed by atoms with Crippen LogP contribution in [0.25, 0.3) is 44.9 Å². The van der Waals surface area contributed by atoms with Crippen LogP contribution < -0.4 is 0 Å². The minimum atomic E-state index is 0.296. The number of benzene rings is 4. The Labute approximate surface area is 248 Å². The average molecular weight is 549 g/mol. The van der Waals surface area contributed by atoms with Crippen molar-refractivity contribution < 1.29 is 0 Å². The quantitative estimate of drug-likeness (QED) is 0.219. The summed E-state index contributed by atoms with van der Waals surface area (Å²) in [6.45, 7) is 4.82. The smallest absolute Gasteiger partial charge is 0.164 e. The van der Waals surface area contributed by atoms with E-state index in [9.17, 15) is 5.26 Å². The molecule has 2 aliphatic carbocycles. The molecule has 4 atom stereocenters. The average Bonchev–Trinajstić information content (AvgIpc) is 3.03. The van der Waals surface area contributed by atoms with E-state index in [0.29, 0.717) is 28.5 Å². The Hall–Kier alpha value is -4.36. The van der Waals surface area contributed by atoms with E-state index >= 15 is 0 Å².